The molecule has 1 aromatic heterocycles. The van der Waals surface area contributed by atoms with E-state index in [2.05, 4.69) is 4.98 Å². The molecule has 0 bridgehead atoms. The Kier molecular flexibility index (Phi) is 3.00. The summed E-state index contributed by atoms with van der Waals surface area (Å²) in [5.74, 6) is -0.168. The minimum absolute atomic E-state index is 0.200. The Balaban J connectivity index is 2.05. The van der Waals surface area contributed by atoms with Crippen LogP contribution in [0.5, 0.6) is 5.75 Å². The molecule has 0 spiro atoms. The lowest BCUT2D eigenvalue weighted by Gasteiger charge is -2.06. The van der Waals surface area contributed by atoms with Gasteiger partial charge in [-0.2, -0.15) is 0 Å². The molecule has 2 N–H and O–H groups in total. The summed E-state index contributed by atoms with van der Waals surface area (Å²) in [6.07, 6.45) is 1.59. The number of hydrogen-bond acceptors (Lipinski definition) is 3. The Hall–Kier alpha value is -2.10. The van der Waals surface area contributed by atoms with Crippen molar-refractivity contribution in [3.8, 4) is 5.75 Å². The number of halogens is 1. The van der Waals surface area contributed by atoms with Crippen LogP contribution in [-0.2, 0) is 6.61 Å². The van der Waals surface area contributed by atoms with Gasteiger partial charge in [0.2, 0.25) is 0 Å². The van der Waals surface area contributed by atoms with Crippen molar-refractivity contribution >= 4 is 5.69 Å². The lowest BCUT2D eigenvalue weighted by atomic mass is 10.3. The van der Waals surface area contributed by atoms with E-state index in [9.17, 15) is 4.39 Å². The van der Waals surface area contributed by atoms with Gasteiger partial charge in [-0.3, -0.25) is 4.98 Å². The molecular formula is C12H11FN2O. The standard InChI is InChI=1S/C12H11FN2O/c13-11-3-1-2-4-12(11)16-8-10-7-9(14)5-6-15-10/h1-7H,8H2,(H2,14,15). The molecule has 82 valence electrons. The first kappa shape index (κ1) is 10.4. The van der Waals surface area contributed by atoms with Gasteiger partial charge in [-0.15, -0.1) is 0 Å². The third-order valence-corrected chi connectivity index (χ3v) is 2.05. The quantitative estimate of drug-likeness (QED) is 0.860. The SMILES string of the molecule is Nc1ccnc(COc2ccccc2F)c1. The molecule has 1 aromatic carbocycles. The second-order valence-corrected chi connectivity index (χ2v) is 3.30. The molecule has 0 radical (unpaired) electrons. The number of ether oxygens (including phenoxy) is 1. The Morgan fingerprint density at radius 1 is 1.25 bits per heavy atom. The highest BCUT2D eigenvalue weighted by Crippen LogP contribution is 2.16. The van der Waals surface area contributed by atoms with E-state index in [0.717, 1.165) is 0 Å². The van der Waals surface area contributed by atoms with E-state index in [4.69, 9.17) is 10.5 Å². The van der Waals surface area contributed by atoms with Gasteiger partial charge in [-0.1, -0.05) is 12.1 Å². The van der Waals surface area contributed by atoms with Crippen molar-refractivity contribution in [3.63, 3.8) is 0 Å². The van der Waals surface area contributed by atoms with Crippen molar-refractivity contribution in [2.24, 2.45) is 0 Å². The highest BCUT2D eigenvalue weighted by atomic mass is 19.1. The van der Waals surface area contributed by atoms with Crippen LogP contribution >= 0.6 is 0 Å². The van der Waals surface area contributed by atoms with Gasteiger partial charge < -0.3 is 10.5 Å². The third-order valence-electron chi connectivity index (χ3n) is 2.05. The molecule has 2 aromatic rings. The fraction of sp³-hybridized carbons (Fsp3) is 0.0833. The first-order valence-electron chi connectivity index (χ1n) is 4.83. The largest absolute Gasteiger partial charge is 0.484 e. The maximum Gasteiger partial charge on any atom is 0.165 e. The smallest absolute Gasteiger partial charge is 0.165 e. The van der Waals surface area contributed by atoms with Crippen LogP contribution in [0.25, 0.3) is 0 Å². The topological polar surface area (TPSA) is 48.1 Å². The Bertz CT molecular complexity index is 488. The molecule has 0 aliphatic carbocycles. The molecule has 0 aliphatic heterocycles. The Labute approximate surface area is 92.7 Å². The molecule has 1 heterocycles. The summed E-state index contributed by atoms with van der Waals surface area (Å²) in [5.41, 5.74) is 6.87. The number of rotatable bonds is 3. The van der Waals surface area contributed by atoms with E-state index in [1.807, 2.05) is 0 Å². The van der Waals surface area contributed by atoms with Crippen molar-refractivity contribution < 1.29 is 9.13 Å². The van der Waals surface area contributed by atoms with Gasteiger partial charge in [-0.25, -0.2) is 4.39 Å². The van der Waals surface area contributed by atoms with E-state index in [-0.39, 0.29) is 18.2 Å². The highest BCUT2D eigenvalue weighted by molar-refractivity contribution is 5.37. The molecule has 0 fully saturated rings. The maximum atomic E-state index is 13.2. The van der Waals surface area contributed by atoms with Crippen LogP contribution in [0, 0.1) is 5.82 Å². The zero-order valence-electron chi connectivity index (χ0n) is 8.56. The number of nitrogen functional groups attached to an aromatic ring is 1. The summed E-state index contributed by atoms with van der Waals surface area (Å²) in [6, 6.07) is 9.63. The van der Waals surface area contributed by atoms with E-state index in [0.29, 0.717) is 11.4 Å². The van der Waals surface area contributed by atoms with Crippen LogP contribution in [0.3, 0.4) is 0 Å². The van der Waals surface area contributed by atoms with Crippen molar-refractivity contribution in [3.05, 3.63) is 54.1 Å². The zero-order chi connectivity index (χ0) is 11.4. The summed E-state index contributed by atoms with van der Waals surface area (Å²) < 4.78 is 18.5. The molecule has 0 saturated carbocycles. The minimum atomic E-state index is -0.383. The van der Waals surface area contributed by atoms with Gasteiger partial charge in [0.25, 0.3) is 0 Å². The number of benzene rings is 1. The maximum absolute atomic E-state index is 13.2. The lowest BCUT2D eigenvalue weighted by Crippen LogP contribution is -2.00. The van der Waals surface area contributed by atoms with E-state index in [1.54, 1.807) is 36.5 Å². The number of pyridine rings is 1. The predicted molar refractivity (Wildman–Crippen MR) is 59.4 cm³/mol. The fourth-order valence-corrected chi connectivity index (χ4v) is 1.29. The van der Waals surface area contributed by atoms with Crippen molar-refractivity contribution in [2.75, 3.05) is 5.73 Å². The monoisotopic (exact) mass is 218 g/mol. The molecule has 0 atom stereocenters. The summed E-state index contributed by atoms with van der Waals surface area (Å²) in [5, 5.41) is 0. The molecule has 0 amide bonds. The van der Waals surface area contributed by atoms with Gasteiger partial charge in [0.15, 0.2) is 11.6 Å². The fourth-order valence-electron chi connectivity index (χ4n) is 1.29. The van der Waals surface area contributed by atoms with E-state index >= 15 is 0 Å². The first-order chi connectivity index (χ1) is 7.75. The van der Waals surface area contributed by atoms with Crippen LogP contribution in [0.2, 0.25) is 0 Å². The van der Waals surface area contributed by atoms with Gasteiger partial charge in [0.1, 0.15) is 6.61 Å². The molecule has 2 rings (SSSR count). The van der Waals surface area contributed by atoms with Crippen molar-refractivity contribution in [2.45, 2.75) is 6.61 Å². The second kappa shape index (κ2) is 4.61. The number of aromatic nitrogens is 1. The Morgan fingerprint density at radius 3 is 2.81 bits per heavy atom. The summed E-state index contributed by atoms with van der Waals surface area (Å²) >= 11 is 0. The average molecular weight is 218 g/mol. The predicted octanol–water partition coefficient (Wildman–Crippen LogP) is 2.38. The van der Waals surface area contributed by atoms with Gasteiger partial charge in [-0.05, 0) is 24.3 Å². The van der Waals surface area contributed by atoms with Crippen LogP contribution in [0.15, 0.2) is 42.6 Å². The number of hydrogen-bond donors (Lipinski definition) is 1. The number of nitrogens with zero attached hydrogens (tertiary/aromatic N) is 1. The van der Waals surface area contributed by atoms with Crippen molar-refractivity contribution in [1.82, 2.24) is 4.98 Å². The first-order valence-corrected chi connectivity index (χ1v) is 4.83. The zero-order valence-corrected chi connectivity index (χ0v) is 8.56. The summed E-state index contributed by atoms with van der Waals surface area (Å²) in [4.78, 5) is 4.06. The molecule has 0 unspecified atom stereocenters. The van der Waals surface area contributed by atoms with E-state index < -0.39 is 0 Å². The number of nitrogens with two attached hydrogens (primary N) is 1. The molecule has 16 heavy (non-hydrogen) atoms. The molecule has 0 saturated heterocycles. The van der Waals surface area contributed by atoms with Gasteiger partial charge in [0, 0.05) is 11.9 Å². The van der Waals surface area contributed by atoms with Gasteiger partial charge >= 0.3 is 0 Å². The molecule has 3 nitrogen and oxygen atoms in total. The minimum Gasteiger partial charge on any atom is -0.484 e. The summed E-state index contributed by atoms with van der Waals surface area (Å²) in [6.45, 7) is 0.200. The summed E-state index contributed by atoms with van der Waals surface area (Å²) in [7, 11) is 0. The number of anilines is 1. The van der Waals surface area contributed by atoms with Crippen LogP contribution < -0.4 is 10.5 Å². The van der Waals surface area contributed by atoms with Gasteiger partial charge in [0.05, 0.1) is 5.69 Å². The lowest BCUT2D eigenvalue weighted by molar-refractivity contribution is 0.286. The van der Waals surface area contributed by atoms with E-state index in [1.165, 1.54) is 6.07 Å². The third kappa shape index (κ3) is 2.48. The van der Waals surface area contributed by atoms with Crippen molar-refractivity contribution in [1.29, 1.82) is 0 Å². The van der Waals surface area contributed by atoms with Crippen LogP contribution in [0.1, 0.15) is 5.69 Å². The molecule has 0 aliphatic rings. The highest BCUT2D eigenvalue weighted by Gasteiger charge is 2.02. The Morgan fingerprint density at radius 2 is 2.06 bits per heavy atom. The van der Waals surface area contributed by atoms with Crippen LogP contribution in [-0.4, -0.2) is 4.98 Å². The number of para-hydroxylation sites is 1. The molecular weight excluding hydrogens is 207 g/mol. The second-order valence-electron chi connectivity index (χ2n) is 3.30. The van der Waals surface area contributed by atoms with Crippen LogP contribution in [0.4, 0.5) is 10.1 Å². The normalized spacial score (nSPS) is 10.1. The average Bonchev–Trinajstić information content (AvgIpc) is 2.28. The molecule has 4 heteroatoms.